The normalized spacial score (nSPS) is 18.7. The molecule has 3 N–H and O–H groups in total. The van der Waals surface area contributed by atoms with Crippen LogP contribution in [0.3, 0.4) is 0 Å². The third-order valence-corrected chi connectivity index (χ3v) is 3.92. The molecule has 2 rings (SSSR count). The van der Waals surface area contributed by atoms with Crippen LogP contribution >= 0.6 is 0 Å². The lowest BCUT2D eigenvalue weighted by atomic mass is 9.94. The molecule has 20 heavy (non-hydrogen) atoms. The van der Waals surface area contributed by atoms with Crippen molar-refractivity contribution in [2.24, 2.45) is 11.8 Å². The number of carbonyl (C=O) groups excluding carboxylic acids is 1. The van der Waals surface area contributed by atoms with Gasteiger partial charge in [0.2, 0.25) is 0 Å². The number of nitrogens with zero attached hydrogens (tertiary/aromatic N) is 1. The van der Waals surface area contributed by atoms with Gasteiger partial charge in [0, 0.05) is 13.7 Å². The van der Waals surface area contributed by atoms with Crippen molar-refractivity contribution < 1.29 is 9.53 Å². The Morgan fingerprint density at radius 1 is 1.40 bits per heavy atom. The van der Waals surface area contributed by atoms with E-state index < -0.39 is 0 Å². The summed E-state index contributed by atoms with van der Waals surface area (Å²) >= 11 is 0. The van der Waals surface area contributed by atoms with Gasteiger partial charge in [-0.1, -0.05) is 30.3 Å². The van der Waals surface area contributed by atoms with E-state index >= 15 is 0 Å². The van der Waals surface area contributed by atoms with Gasteiger partial charge in [0.05, 0.1) is 0 Å². The number of nitrogens with two attached hydrogens (primary N) is 1. The van der Waals surface area contributed by atoms with Crippen LogP contribution in [0.5, 0.6) is 0 Å². The number of carbonyl (C=O) groups is 1. The second-order valence-electron chi connectivity index (χ2n) is 5.26. The standard InChI is InChI=1S/C15H23N3O2/c1-20-11-12-7-9-18(10-8-12)14(15(19)17-16)13-5-3-2-4-6-13/h2-6,12,14H,7-11,16H2,1H3,(H,17,19). The zero-order valence-electron chi connectivity index (χ0n) is 11.9. The molecule has 1 aliphatic rings. The molecule has 1 aliphatic heterocycles. The Morgan fingerprint density at radius 3 is 2.60 bits per heavy atom. The summed E-state index contributed by atoms with van der Waals surface area (Å²) < 4.78 is 5.21. The molecule has 5 heteroatoms. The molecule has 1 aromatic rings. The van der Waals surface area contributed by atoms with Crippen LogP contribution in [-0.4, -0.2) is 37.6 Å². The first-order chi connectivity index (χ1) is 9.76. The van der Waals surface area contributed by atoms with Gasteiger partial charge < -0.3 is 4.74 Å². The van der Waals surface area contributed by atoms with E-state index in [1.54, 1.807) is 7.11 Å². The summed E-state index contributed by atoms with van der Waals surface area (Å²) in [5.74, 6) is 5.79. The zero-order chi connectivity index (χ0) is 14.4. The molecular weight excluding hydrogens is 254 g/mol. The molecule has 1 aromatic carbocycles. The lowest BCUT2D eigenvalue weighted by Crippen LogP contribution is -2.46. The van der Waals surface area contributed by atoms with Crippen LogP contribution in [0.15, 0.2) is 30.3 Å². The van der Waals surface area contributed by atoms with Gasteiger partial charge in [-0.05, 0) is 37.4 Å². The Bertz CT molecular complexity index is 416. The van der Waals surface area contributed by atoms with E-state index in [0.29, 0.717) is 5.92 Å². The van der Waals surface area contributed by atoms with Crippen molar-refractivity contribution in [2.75, 3.05) is 26.8 Å². The maximum atomic E-state index is 12.1. The summed E-state index contributed by atoms with van der Waals surface area (Å²) in [7, 11) is 1.74. The highest BCUT2D eigenvalue weighted by atomic mass is 16.5. The monoisotopic (exact) mass is 277 g/mol. The molecule has 1 amide bonds. The Balaban J connectivity index is 2.07. The van der Waals surface area contributed by atoms with Crippen molar-refractivity contribution in [1.82, 2.24) is 10.3 Å². The molecule has 0 bridgehead atoms. The molecule has 1 heterocycles. The number of rotatable bonds is 5. The minimum absolute atomic E-state index is 0.151. The minimum atomic E-state index is -0.301. The second-order valence-corrected chi connectivity index (χ2v) is 5.26. The topological polar surface area (TPSA) is 67.6 Å². The van der Waals surface area contributed by atoms with Crippen LogP contribution in [0.4, 0.5) is 0 Å². The van der Waals surface area contributed by atoms with Crippen LogP contribution in [-0.2, 0) is 9.53 Å². The number of piperidine rings is 1. The van der Waals surface area contributed by atoms with Gasteiger partial charge >= 0.3 is 0 Å². The SMILES string of the molecule is COCC1CCN(C(C(=O)NN)c2ccccc2)CC1. The van der Waals surface area contributed by atoms with Crippen molar-refractivity contribution in [3.63, 3.8) is 0 Å². The van der Waals surface area contributed by atoms with Gasteiger partial charge in [0.15, 0.2) is 0 Å². The fourth-order valence-corrected chi connectivity index (χ4v) is 2.86. The Morgan fingerprint density at radius 2 is 2.05 bits per heavy atom. The van der Waals surface area contributed by atoms with Gasteiger partial charge in [0.25, 0.3) is 5.91 Å². The van der Waals surface area contributed by atoms with Gasteiger partial charge in [-0.25, -0.2) is 5.84 Å². The largest absolute Gasteiger partial charge is 0.384 e. The summed E-state index contributed by atoms with van der Waals surface area (Å²) in [5, 5.41) is 0. The molecule has 0 aliphatic carbocycles. The van der Waals surface area contributed by atoms with E-state index in [2.05, 4.69) is 10.3 Å². The first-order valence-electron chi connectivity index (χ1n) is 7.04. The summed E-state index contributed by atoms with van der Waals surface area (Å²) in [6.45, 7) is 2.58. The predicted molar refractivity (Wildman–Crippen MR) is 77.7 cm³/mol. The average molecular weight is 277 g/mol. The third-order valence-electron chi connectivity index (χ3n) is 3.92. The van der Waals surface area contributed by atoms with Crippen molar-refractivity contribution in [3.05, 3.63) is 35.9 Å². The van der Waals surface area contributed by atoms with Gasteiger partial charge in [-0.15, -0.1) is 0 Å². The summed E-state index contributed by atoms with van der Waals surface area (Å²) in [6.07, 6.45) is 2.10. The van der Waals surface area contributed by atoms with Crippen molar-refractivity contribution in [2.45, 2.75) is 18.9 Å². The van der Waals surface area contributed by atoms with Gasteiger partial charge in [-0.2, -0.15) is 0 Å². The number of benzene rings is 1. The van der Waals surface area contributed by atoms with E-state index in [-0.39, 0.29) is 11.9 Å². The quantitative estimate of drug-likeness (QED) is 0.480. The van der Waals surface area contributed by atoms with Crippen LogP contribution in [0, 0.1) is 5.92 Å². The van der Waals surface area contributed by atoms with E-state index in [4.69, 9.17) is 10.6 Å². The summed E-state index contributed by atoms with van der Waals surface area (Å²) in [6, 6.07) is 9.49. The molecule has 0 aromatic heterocycles. The molecule has 1 fully saturated rings. The Kier molecular flexibility index (Phi) is 5.52. The fourth-order valence-electron chi connectivity index (χ4n) is 2.86. The number of methoxy groups -OCH3 is 1. The van der Waals surface area contributed by atoms with Crippen LogP contribution < -0.4 is 11.3 Å². The van der Waals surface area contributed by atoms with E-state index in [1.807, 2.05) is 30.3 Å². The highest BCUT2D eigenvalue weighted by Crippen LogP contribution is 2.27. The van der Waals surface area contributed by atoms with E-state index in [1.165, 1.54) is 0 Å². The Labute approximate surface area is 120 Å². The maximum absolute atomic E-state index is 12.1. The summed E-state index contributed by atoms with van der Waals surface area (Å²) in [4.78, 5) is 14.3. The number of ether oxygens (including phenoxy) is 1. The van der Waals surface area contributed by atoms with Gasteiger partial charge in [0.1, 0.15) is 6.04 Å². The first kappa shape index (κ1) is 15.0. The minimum Gasteiger partial charge on any atom is -0.384 e. The molecule has 1 atom stereocenters. The van der Waals surface area contributed by atoms with Crippen LogP contribution in [0.1, 0.15) is 24.4 Å². The first-order valence-corrected chi connectivity index (χ1v) is 7.04. The van der Waals surface area contributed by atoms with Gasteiger partial charge in [-0.3, -0.25) is 15.1 Å². The molecule has 0 saturated carbocycles. The smallest absolute Gasteiger partial charge is 0.255 e. The number of nitrogens with one attached hydrogen (secondary N) is 1. The fraction of sp³-hybridized carbons (Fsp3) is 0.533. The second kappa shape index (κ2) is 7.38. The molecule has 0 radical (unpaired) electrons. The molecule has 110 valence electrons. The molecule has 1 unspecified atom stereocenters. The van der Waals surface area contributed by atoms with E-state index in [0.717, 1.165) is 38.1 Å². The number of hydrogen-bond acceptors (Lipinski definition) is 4. The number of hydrazine groups is 1. The number of likely N-dealkylation sites (tertiary alicyclic amines) is 1. The average Bonchev–Trinajstić information content (AvgIpc) is 2.50. The maximum Gasteiger partial charge on any atom is 0.255 e. The number of hydrogen-bond donors (Lipinski definition) is 2. The molecular formula is C15H23N3O2. The molecule has 5 nitrogen and oxygen atoms in total. The third kappa shape index (κ3) is 3.56. The predicted octanol–water partition coefficient (Wildman–Crippen LogP) is 1.08. The number of amides is 1. The van der Waals surface area contributed by atoms with Crippen molar-refractivity contribution >= 4 is 5.91 Å². The van der Waals surface area contributed by atoms with Crippen molar-refractivity contribution in [1.29, 1.82) is 0 Å². The lowest BCUT2D eigenvalue weighted by molar-refractivity contribution is -0.127. The Hall–Kier alpha value is -1.43. The summed E-state index contributed by atoms with van der Waals surface area (Å²) in [5.41, 5.74) is 3.28. The highest BCUT2D eigenvalue weighted by molar-refractivity contribution is 5.82. The highest BCUT2D eigenvalue weighted by Gasteiger charge is 2.30. The van der Waals surface area contributed by atoms with Crippen LogP contribution in [0.2, 0.25) is 0 Å². The van der Waals surface area contributed by atoms with E-state index in [9.17, 15) is 4.79 Å². The lowest BCUT2D eigenvalue weighted by Gasteiger charge is -2.36. The van der Waals surface area contributed by atoms with Crippen LogP contribution in [0.25, 0.3) is 0 Å². The van der Waals surface area contributed by atoms with Crippen molar-refractivity contribution in [3.8, 4) is 0 Å². The zero-order valence-corrected chi connectivity index (χ0v) is 11.9. The molecule has 0 spiro atoms. The molecule has 1 saturated heterocycles.